The summed E-state index contributed by atoms with van der Waals surface area (Å²) in [6.45, 7) is 18.0. The maximum atomic E-state index is 13.3. The summed E-state index contributed by atoms with van der Waals surface area (Å²) in [7, 11) is 0. The Morgan fingerprint density at radius 2 is 1.02 bits per heavy atom. The van der Waals surface area contributed by atoms with Crippen molar-refractivity contribution < 1.29 is 48.4 Å². The molecular formula is C41H60N4O10. The van der Waals surface area contributed by atoms with Crippen LogP contribution in [0.5, 0.6) is 11.5 Å². The predicted octanol–water partition coefficient (Wildman–Crippen LogP) is 6.84. The number of ether oxygens (including phenoxy) is 3. The van der Waals surface area contributed by atoms with Crippen LogP contribution < -0.4 is 10.6 Å². The second-order valence-corrected chi connectivity index (χ2v) is 16.7. The first kappa shape index (κ1) is 44.4. The van der Waals surface area contributed by atoms with E-state index < -0.39 is 46.8 Å². The fourth-order valence-electron chi connectivity index (χ4n) is 6.08. The zero-order valence-electron chi connectivity index (χ0n) is 33.9. The predicted molar refractivity (Wildman–Crippen MR) is 207 cm³/mol. The summed E-state index contributed by atoms with van der Waals surface area (Å²) >= 11 is 0. The Labute approximate surface area is 324 Å². The number of aromatic hydroxyl groups is 2. The van der Waals surface area contributed by atoms with E-state index in [-0.39, 0.29) is 41.5 Å². The molecule has 4 amide bonds. The lowest BCUT2D eigenvalue weighted by molar-refractivity contribution is -0.121. The molecule has 2 aromatic rings. The van der Waals surface area contributed by atoms with Crippen molar-refractivity contribution in [2.75, 3.05) is 39.3 Å². The number of benzene rings is 2. The number of nitrogens with one attached hydrogen (secondary N) is 2. The Hall–Kier alpha value is -5.01. The fraction of sp³-hybridized carbons (Fsp3) is 0.585. The third-order valence-corrected chi connectivity index (χ3v) is 8.35. The van der Waals surface area contributed by atoms with Crippen LogP contribution in [-0.2, 0) is 19.0 Å². The van der Waals surface area contributed by atoms with Crippen molar-refractivity contribution in [3.8, 4) is 11.5 Å². The Kier molecular flexibility index (Phi) is 15.4. The molecule has 2 aromatic carbocycles. The van der Waals surface area contributed by atoms with Crippen LogP contribution >= 0.6 is 0 Å². The summed E-state index contributed by atoms with van der Waals surface area (Å²) in [5, 5.41) is 26.6. The molecule has 55 heavy (non-hydrogen) atoms. The highest BCUT2D eigenvalue weighted by atomic mass is 16.6. The first-order chi connectivity index (χ1) is 25.6. The number of ketones is 1. The van der Waals surface area contributed by atoms with Gasteiger partial charge in [0.15, 0.2) is 0 Å². The smallest absolute Gasteiger partial charge is 0.410 e. The van der Waals surface area contributed by atoms with Crippen molar-refractivity contribution in [1.29, 1.82) is 0 Å². The maximum Gasteiger partial charge on any atom is 0.410 e. The van der Waals surface area contributed by atoms with Gasteiger partial charge in [0.05, 0.1) is 11.1 Å². The number of rotatable bonds is 15. The van der Waals surface area contributed by atoms with Gasteiger partial charge in [-0.2, -0.15) is 0 Å². The molecule has 0 atom stereocenters. The third-order valence-electron chi connectivity index (χ3n) is 8.35. The maximum absolute atomic E-state index is 13.3. The Morgan fingerprint density at radius 1 is 0.618 bits per heavy atom. The third kappa shape index (κ3) is 14.3. The van der Waals surface area contributed by atoms with Crippen molar-refractivity contribution in [2.24, 2.45) is 0 Å². The van der Waals surface area contributed by atoms with Gasteiger partial charge < -0.3 is 44.9 Å². The lowest BCUT2D eigenvalue weighted by atomic mass is 9.75. The molecule has 0 bridgehead atoms. The van der Waals surface area contributed by atoms with Crippen LogP contribution in [0.2, 0.25) is 0 Å². The van der Waals surface area contributed by atoms with Crippen molar-refractivity contribution in [3.05, 3.63) is 58.7 Å². The highest BCUT2D eigenvalue weighted by Gasteiger charge is 2.36. The average Bonchev–Trinajstić information content (AvgIpc) is 3.04. The zero-order valence-corrected chi connectivity index (χ0v) is 33.9. The van der Waals surface area contributed by atoms with E-state index in [1.807, 2.05) is 0 Å². The first-order valence-corrected chi connectivity index (χ1v) is 18.9. The van der Waals surface area contributed by atoms with E-state index >= 15 is 0 Å². The summed E-state index contributed by atoms with van der Waals surface area (Å²) in [5.41, 5.74) is -0.858. The van der Waals surface area contributed by atoms with Crippen LogP contribution in [0.4, 0.5) is 14.4 Å². The zero-order chi connectivity index (χ0) is 41.1. The number of carbonyl (C=O) groups is 5. The van der Waals surface area contributed by atoms with E-state index in [1.54, 1.807) is 96.4 Å². The molecule has 1 aliphatic rings. The molecular weight excluding hydrogens is 708 g/mol. The molecule has 3 rings (SSSR count). The lowest BCUT2D eigenvalue weighted by Gasteiger charge is -2.29. The number of carbonyl (C=O) groups excluding carboxylic acids is 5. The molecule has 0 aromatic heterocycles. The molecule has 14 heteroatoms. The van der Waals surface area contributed by atoms with Gasteiger partial charge in [0, 0.05) is 51.6 Å². The molecule has 0 unspecified atom stereocenters. The summed E-state index contributed by atoms with van der Waals surface area (Å²) in [6, 6.07) is 9.45. The molecule has 0 heterocycles. The molecule has 0 spiro atoms. The number of nitrogens with zero attached hydrogens (tertiary/aromatic N) is 2. The molecule has 1 aliphatic carbocycles. The summed E-state index contributed by atoms with van der Waals surface area (Å²) in [6.07, 6.45) is 0.516. The van der Waals surface area contributed by atoms with Gasteiger partial charge in [0.25, 0.3) is 0 Å². The van der Waals surface area contributed by atoms with E-state index in [2.05, 4.69) is 10.6 Å². The number of hydrogen-bond acceptors (Lipinski definition) is 10. The molecule has 4 N–H and O–H groups in total. The minimum atomic E-state index is -0.721. The van der Waals surface area contributed by atoms with Gasteiger partial charge in [-0.3, -0.25) is 9.59 Å². The van der Waals surface area contributed by atoms with Gasteiger partial charge in [-0.15, -0.1) is 0 Å². The molecule has 0 fully saturated rings. The van der Waals surface area contributed by atoms with Crippen molar-refractivity contribution in [1.82, 2.24) is 20.4 Å². The van der Waals surface area contributed by atoms with E-state index in [4.69, 9.17) is 14.2 Å². The Balaban J connectivity index is 1.57. The van der Waals surface area contributed by atoms with E-state index in [0.717, 1.165) is 0 Å². The number of alkyl carbamates (subject to hydrolysis) is 1. The molecule has 304 valence electrons. The second kappa shape index (κ2) is 19.0. The topological polar surface area (TPSA) is 184 Å². The number of fused-ring (bicyclic) bond motifs is 2. The minimum Gasteiger partial charge on any atom is -0.507 e. The highest BCUT2D eigenvalue weighted by Crippen LogP contribution is 2.44. The summed E-state index contributed by atoms with van der Waals surface area (Å²) < 4.78 is 16.6. The summed E-state index contributed by atoms with van der Waals surface area (Å²) in [5.74, 6) is -1.79. The largest absolute Gasteiger partial charge is 0.507 e. The van der Waals surface area contributed by atoms with Crippen molar-refractivity contribution >= 4 is 30.0 Å². The van der Waals surface area contributed by atoms with E-state index in [9.17, 15) is 34.2 Å². The van der Waals surface area contributed by atoms with Crippen LogP contribution in [0, 0.1) is 0 Å². The molecule has 0 radical (unpaired) electrons. The number of phenols is 2. The molecule has 14 nitrogen and oxygen atoms in total. The summed E-state index contributed by atoms with van der Waals surface area (Å²) in [4.78, 5) is 67.9. The van der Waals surface area contributed by atoms with Gasteiger partial charge in [0.2, 0.25) is 11.7 Å². The van der Waals surface area contributed by atoms with Crippen LogP contribution in [0.1, 0.15) is 127 Å². The van der Waals surface area contributed by atoms with Crippen molar-refractivity contribution in [2.45, 2.75) is 117 Å². The standard InChI is InChI=1S/C41H60N4O10/c1-39(2,3)53-36(50)43-21-15-25-45(38(52)55-41(7,8)9)23-11-10-22-44(37(51)54-40(4,5)6)24-14-20-42-32(48)26-29-27-16-12-18-30(46)33(27)35(49)34-28(29)17-13-19-31(34)47/h12-13,16-19,29,46-47H,10-11,14-15,20-26H2,1-9H3,(H,42,48)(H,43,50). The van der Waals surface area contributed by atoms with E-state index in [1.165, 1.54) is 12.1 Å². The van der Waals surface area contributed by atoms with Crippen molar-refractivity contribution in [3.63, 3.8) is 0 Å². The van der Waals surface area contributed by atoms with Gasteiger partial charge in [-0.1, -0.05) is 24.3 Å². The second-order valence-electron chi connectivity index (χ2n) is 16.7. The Morgan fingerprint density at radius 3 is 1.44 bits per heavy atom. The quantitative estimate of drug-likeness (QED) is 0.111. The van der Waals surface area contributed by atoms with Gasteiger partial charge in [0.1, 0.15) is 28.3 Å². The monoisotopic (exact) mass is 768 g/mol. The lowest BCUT2D eigenvalue weighted by Crippen LogP contribution is -2.41. The number of phenolic OH excluding ortho intramolecular Hbond substituents is 2. The fourth-order valence-corrected chi connectivity index (χ4v) is 6.08. The molecule has 0 aliphatic heterocycles. The minimum absolute atomic E-state index is 0.0266. The van der Waals surface area contributed by atoms with Crippen LogP contribution in [-0.4, -0.2) is 106 Å². The van der Waals surface area contributed by atoms with Crippen LogP contribution in [0.25, 0.3) is 0 Å². The average molecular weight is 769 g/mol. The van der Waals surface area contributed by atoms with Crippen LogP contribution in [0.15, 0.2) is 36.4 Å². The SMILES string of the molecule is CC(C)(C)OC(=O)NCCCN(CCCCN(CCCNC(=O)CC1c2cccc(O)c2C(=O)c2c(O)cccc21)C(=O)OC(C)(C)C)C(=O)OC(C)(C)C. The first-order valence-electron chi connectivity index (χ1n) is 18.9. The van der Waals surface area contributed by atoms with Gasteiger partial charge >= 0.3 is 18.3 Å². The molecule has 0 saturated heterocycles. The van der Waals surface area contributed by atoms with Crippen LogP contribution in [0.3, 0.4) is 0 Å². The number of unbranched alkanes of at least 4 members (excludes halogenated alkanes) is 1. The van der Waals surface area contributed by atoms with Gasteiger partial charge in [-0.25, -0.2) is 14.4 Å². The normalized spacial score (nSPS) is 12.9. The number of hydrogen-bond donors (Lipinski definition) is 4. The Bertz CT molecular complexity index is 1620. The number of amides is 4. The molecule has 0 saturated carbocycles. The van der Waals surface area contributed by atoms with Gasteiger partial charge in [-0.05, 0) is 111 Å². The highest BCUT2D eigenvalue weighted by molar-refractivity contribution is 6.16. The van der Waals surface area contributed by atoms with E-state index in [0.29, 0.717) is 69.5 Å².